The van der Waals surface area contributed by atoms with Gasteiger partial charge in [-0.2, -0.15) is 0 Å². The van der Waals surface area contributed by atoms with Crippen molar-refractivity contribution in [2.24, 2.45) is 0 Å². The molecule has 0 bridgehead atoms. The number of esters is 1. The lowest BCUT2D eigenvalue weighted by Crippen LogP contribution is -2.39. The molecule has 6 heteroatoms. The maximum atomic E-state index is 11.8. The average molecular weight is 311 g/mol. The second-order valence-electron chi connectivity index (χ2n) is 5.62. The fraction of sp³-hybridized carbons (Fsp3) is 0.667. The summed E-state index contributed by atoms with van der Waals surface area (Å²) in [6.07, 6.45) is 3.77. The molecular formula is C15H21NO4S. The average Bonchev–Trinajstić information content (AvgIpc) is 3.08. The van der Waals surface area contributed by atoms with Gasteiger partial charge in [-0.15, -0.1) is 11.3 Å². The zero-order valence-corrected chi connectivity index (χ0v) is 13.3. The number of nitrogens with one attached hydrogen (secondary N) is 1. The van der Waals surface area contributed by atoms with Crippen LogP contribution in [0.5, 0.6) is 0 Å². The predicted octanol–water partition coefficient (Wildman–Crippen LogP) is 2.94. The quantitative estimate of drug-likeness (QED) is 0.870. The number of thiophene rings is 1. The van der Waals surface area contributed by atoms with Crippen molar-refractivity contribution < 1.29 is 19.0 Å². The summed E-state index contributed by atoms with van der Waals surface area (Å²) < 4.78 is 16.3. The third-order valence-corrected chi connectivity index (χ3v) is 5.18. The van der Waals surface area contributed by atoms with E-state index in [0.29, 0.717) is 24.1 Å². The van der Waals surface area contributed by atoms with E-state index in [-0.39, 0.29) is 11.8 Å². The molecule has 0 unspecified atom stereocenters. The van der Waals surface area contributed by atoms with E-state index in [4.69, 9.17) is 14.2 Å². The SMILES string of the molecule is COC(=O)c1sc(C)cc1NC1CCC2(CC1)OCCO2. The van der Waals surface area contributed by atoms with E-state index in [1.807, 2.05) is 13.0 Å². The van der Waals surface area contributed by atoms with Crippen LogP contribution < -0.4 is 5.32 Å². The number of anilines is 1. The van der Waals surface area contributed by atoms with Crippen molar-refractivity contribution in [3.8, 4) is 0 Å². The molecule has 1 saturated carbocycles. The van der Waals surface area contributed by atoms with Gasteiger partial charge in [-0.05, 0) is 25.8 Å². The molecule has 21 heavy (non-hydrogen) atoms. The molecule has 0 amide bonds. The molecule has 1 saturated heterocycles. The number of methoxy groups -OCH3 is 1. The van der Waals surface area contributed by atoms with E-state index in [0.717, 1.165) is 36.2 Å². The second kappa shape index (κ2) is 5.94. The van der Waals surface area contributed by atoms with Crippen LogP contribution in [0.15, 0.2) is 6.07 Å². The molecule has 1 spiro atoms. The molecular weight excluding hydrogens is 290 g/mol. The van der Waals surface area contributed by atoms with Crippen LogP contribution in [0.25, 0.3) is 0 Å². The van der Waals surface area contributed by atoms with Gasteiger partial charge in [0.2, 0.25) is 0 Å². The molecule has 3 rings (SSSR count). The molecule has 5 nitrogen and oxygen atoms in total. The Labute approximate surface area is 128 Å². The van der Waals surface area contributed by atoms with Gasteiger partial charge in [0.1, 0.15) is 4.88 Å². The number of aryl methyl sites for hydroxylation is 1. The summed E-state index contributed by atoms with van der Waals surface area (Å²) in [5, 5.41) is 3.49. The Hall–Kier alpha value is -1.11. The van der Waals surface area contributed by atoms with E-state index < -0.39 is 0 Å². The minimum absolute atomic E-state index is 0.273. The van der Waals surface area contributed by atoms with Crippen molar-refractivity contribution in [3.63, 3.8) is 0 Å². The molecule has 2 aliphatic rings. The number of rotatable bonds is 3. The van der Waals surface area contributed by atoms with Gasteiger partial charge in [0, 0.05) is 23.8 Å². The topological polar surface area (TPSA) is 56.8 Å². The molecule has 1 aromatic rings. The smallest absolute Gasteiger partial charge is 0.350 e. The maximum absolute atomic E-state index is 11.8. The lowest BCUT2D eigenvalue weighted by Gasteiger charge is -2.35. The molecule has 2 heterocycles. The van der Waals surface area contributed by atoms with Crippen LogP contribution >= 0.6 is 11.3 Å². The van der Waals surface area contributed by atoms with Crippen molar-refractivity contribution in [1.82, 2.24) is 0 Å². The molecule has 1 aromatic heterocycles. The van der Waals surface area contributed by atoms with Crippen LogP contribution in [0.2, 0.25) is 0 Å². The standard InChI is InChI=1S/C15H21NO4S/c1-10-9-12(13(21-10)14(17)18-2)16-11-3-5-15(6-4-11)19-7-8-20-15/h9,11,16H,3-8H2,1-2H3. The molecule has 1 aliphatic carbocycles. The number of hydrogen-bond donors (Lipinski definition) is 1. The van der Waals surface area contributed by atoms with Gasteiger partial charge < -0.3 is 19.5 Å². The van der Waals surface area contributed by atoms with Crippen molar-refractivity contribution >= 4 is 23.0 Å². The Morgan fingerprint density at radius 2 is 2.05 bits per heavy atom. The maximum Gasteiger partial charge on any atom is 0.350 e. The van der Waals surface area contributed by atoms with Crippen LogP contribution in [0.4, 0.5) is 5.69 Å². The van der Waals surface area contributed by atoms with E-state index in [2.05, 4.69) is 5.32 Å². The van der Waals surface area contributed by atoms with Crippen molar-refractivity contribution in [2.75, 3.05) is 25.6 Å². The van der Waals surface area contributed by atoms with Crippen molar-refractivity contribution in [3.05, 3.63) is 15.8 Å². The highest BCUT2D eigenvalue weighted by Crippen LogP contribution is 2.37. The highest BCUT2D eigenvalue weighted by Gasteiger charge is 2.40. The summed E-state index contributed by atoms with van der Waals surface area (Å²) >= 11 is 1.47. The lowest BCUT2D eigenvalue weighted by molar-refractivity contribution is -0.177. The van der Waals surface area contributed by atoms with E-state index in [1.54, 1.807) is 0 Å². The lowest BCUT2D eigenvalue weighted by atomic mass is 9.90. The summed E-state index contributed by atoms with van der Waals surface area (Å²) in [4.78, 5) is 13.6. The summed E-state index contributed by atoms with van der Waals surface area (Å²) in [5.41, 5.74) is 0.888. The third-order valence-electron chi connectivity index (χ3n) is 4.15. The van der Waals surface area contributed by atoms with Crippen molar-refractivity contribution in [1.29, 1.82) is 0 Å². The Balaban J connectivity index is 1.64. The second-order valence-corrected chi connectivity index (χ2v) is 6.87. The van der Waals surface area contributed by atoms with E-state index in [1.165, 1.54) is 18.4 Å². The molecule has 0 radical (unpaired) electrons. The summed E-state index contributed by atoms with van der Waals surface area (Å²) in [6, 6.07) is 2.37. The molecule has 0 aromatic carbocycles. The van der Waals surface area contributed by atoms with Gasteiger partial charge in [0.25, 0.3) is 0 Å². The number of hydrogen-bond acceptors (Lipinski definition) is 6. The zero-order valence-electron chi connectivity index (χ0n) is 12.4. The van der Waals surface area contributed by atoms with E-state index >= 15 is 0 Å². The van der Waals surface area contributed by atoms with Crippen LogP contribution in [-0.4, -0.2) is 38.1 Å². The first kappa shape index (κ1) is 14.8. The van der Waals surface area contributed by atoms with Gasteiger partial charge >= 0.3 is 5.97 Å². The molecule has 0 atom stereocenters. The molecule has 116 valence electrons. The normalized spacial score (nSPS) is 21.6. The monoisotopic (exact) mass is 311 g/mol. The van der Waals surface area contributed by atoms with Gasteiger partial charge in [-0.25, -0.2) is 4.79 Å². The van der Waals surface area contributed by atoms with Gasteiger partial charge in [-0.3, -0.25) is 0 Å². The van der Waals surface area contributed by atoms with Gasteiger partial charge in [-0.1, -0.05) is 0 Å². The Bertz CT molecular complexity index is 512. The fourth-order valence-electron chi connectivity index (χ4n) is 3.07. The van der Waals surface area contributed by atoms with Gasteiger partial charge in [0.05, 0.1) is 26.0 Å². The molecule has 1 aliphatic heterocycles. The van der Waals surface area contributed by atoms with Crippen LogP contribution in [0.1, 0.15) is 40.2 Å². The van der Waals surface area contributed by atoms with Crippen LogP contribution in [0, 0.1) is 6.92 Å². The predicted molar refractivity (Wildman–Crippen MR) is 80.9 cm³/mol. The minimum Gasteiger partial charge on any atom is -0.465 e. The number of carbonyl (C=O) groups is 1. The number of ether oxygens (including phenoxy) is 3. The first-order chi connectivity index (χ1) is 10.1. The summed E-state index contributed by atoms with van der Waals surface area (Å²) in [5.74, 6) is -0.612. The minimum atomic E-state index is -0.339. The third kappa shape index (κ3) is 3.07. The Kier molecular flexibility index (Phi) is 4.19. The van der Waals surface area contributed by atoms with Gasteiger partial charge in [0.15, 0.2) is 5.79 Å². The van der Waals surface area contributed by atoms with E-state index in [9.17, 15) is 4.79 Å². The Morgan fingerprint density at radius 1 is 1.38 bits per heavy atom. The largest absolute Gasteiger partial charge is 0.465 e. The number of carbonyl (C=O) groups excluding carboxylic acids is 1. The van der Waals surface area contributed by atoms with Crippen molar-refractivity contribution in [2.45, 2.75) is 44.4 Å². The van der Waals surface area contributed by atoms with Crippen LogP contribution in [0.3, 0.4) is 0 Å². The fourth-order valence-corrected chi connectivity index (χ4v) is 3.97. The first-order valence-electron chi connectivity index (χ1n) is 7.35. The Morgan fingerprint density at radius 3 is 2.67 bits per heavy atom. The molecule has 1 N–H and O–H groups in total. The highest BCUT2D eigenvalue weighted by atomic mass is 32.1. The summed E-state index contributed by atoms with van der Waals surface area (Å²) in [6.45, 7) is 3.40. The first-order valence-corrected chi connectivity index (χ1v) is 8.17. The molecule has 2 fully saturated rings. The zero-order chi connectivity index (χ0) is 14.9. The summed E-state index contributed by atoms with van der Waals surface area (Å²) in [7, 11) is 1.42. The van der Waals surface area contributed by atoms with Crippen LogP contribution in [-0.2, 0) is 14.2 Å². The highest BCUT2D eigenvalue weighted by molar-refractivity contribution is 7.14.